The Labute approximate surface area is 106 Å². The van der Waals surface area contributed by atoms with Crippen LogP contribution in [0.1, 0.15) is 58.6 Å². The molecule has 17 heavy (non-hydrogen) atoms. The Morgan fingerprint density at radius 3 is 2.71 bits per heavy atom. The summed E-state index contributed by atoms with van der Waals surface area (Å²) in [5.41, 5.74) is 1.15. The molecule has 0 spiro atoms. The van der Waals surface area contributed by atoms with Gasteiger partial charge < -0.3 is 9.88 Å². The molecule has 0 saturated carbocycles. The molecule has 98 valence electrons. The van der Waals surface area contributed by atoms with Crippen LogP contribution in [-0.2, 0) is 13.1 Å². The van der Waals surface area contributed by atoms with E-state index in [4.69, 9.17) is 0 Å². The molecule has 0 aliphatic rings. The van der Waals surface area contributed by atoms with Crippen LogP contribution in [-0.4, -0.2) is 15.6 Å². The smallest absolute Gasteiger partial charge is 0.0949 e. The highest BCUT2D eigenvalue weighted by atomic mass is 15.0. The Hall–Kier alpha value is -0.830. The summed E-state index contributed by atoms with van der Waals surface area (Å²) in [7, 11) is 0. The average molecular weight is 237 g/mol. The van der Waals surface area contributed by atoms with E-state index in [-0.39, 0.29) is 0 Å². The number of hydrogen-bond donors (Lipinski definition) is 1. The monoisotopic (exact) mass is 237 g/mol. The van der Waals surface area contributed by atoms with E-state index in [2.05, 4.69) is 41.8 Å². The zero-order valence-corrected chi connectivity index (χ0v) is 11.6. The molecule has 0 amide bonds. The minimum Gasteiger partial charge on any atom is -0.337 e. The molecule has 0 fully saturated rings. The molecule has 1 heterocycles. The van der Waals surface area contributed by atoms with Crippen molar-refractivity contribution in [1.29, 1.82) is 0 Å². The van der Waals surface area contributed by atoms with Crippen molar-refractivity contribution in [3.8, 4) is 0 Å². The summed E-state index contributed by atoms with van der Waals surface area (Å²) >= 11 is 0. The molecule has 1 N–H and O–H groups in total. The molecule has 0 saturated heterocycles. The van der Waals surface area contributed by atoms with E-state index in [0.29, 0.717) is 6.04 Å². The molecular weight excluding hydrogens is 210 g/mol. The maximum atomic E-state index is 4.40. The lowest BCUT2D eigenvalue weighted by Gasteiger charge is -2.05. The van der Waals surface area contributed by atoms with E-state index >= 15 is 0 Å². The topological polar surface area (TPSA) is 29.9 Å². The SMILES string of the molecule is CCCCCCCn1cnc(CNC(C)C)c1. The van der Waals surface area contributed by atoms with Gasteiger partial charge in [0.15, 0.2) is 0 Å². The Balaban J connectivity index is 2.17. The second-order valence-corrected chi connectivity index (χ2v) is 5.05. The van der Waals surface area contributed by atoms with Gasteiger partial charge in [-0.1, -0.05) is 46.5 Å². The highest BCUT2D eigenvalue weighted by Gasteiger charge is 1.99. The van der Waals surface area contributed by atoms with Crippen LogP contribution in [0.4, 0.5) is 0 Å². The van der Waals surface area contributed by atoms with Crippen LogP contribution in [0.25, 0.3) is 0 Å². The molecule has 1 aromatic rings. The lowest BCUT2D eigenvalue weighted by molar-refractivity contribution is 0.565. The standard InChI is InChI=1S/C14H27N3/c1-4-5-6-7-8-9-17-11-14(16-12-17)10-15-13(2)3/h11-13,15H,4-10H2,1-3H3. The molecule has 0 atom stereocenters. The van der Waals surface area contributed by atoms with Crippen molar-refractivity contribution in [2.75, 3.05) is 0 Å². The lowest BCUT2D eigenvalue weighted by atomic mass is 10.1. The van der Waals surface area contributed by atoms with E-state index in [9.17, 15) is 0 Å². The van der Waals surface area contributed by atoms with Gasteiger partial charge in [-0.3, -0.25) is 0 Å². The molecule has 0 aliphatic heterocycles. The number of rotatable bonds is 9. The number of aromatic nitrogens is 2. The zero-order valence-electron chi connectivity index (χ0n) is 11.6. The zero-order chi connectivity index (χ0) is 12.5. The van der Waals surface area contributed by atoms with Crippen molar-refractivity contribution in [2.24, 2.45) is 0 Å². The quantitative estimate of drug-likeness (QED) is 0.667. The van der Waals surface area contributed by atoms with Crippen molar-refractivity contribution in [3.63, 3.8) is 0 Å². The maximum absolute atomic E-state index is 4.40. The predicted octanol–water partition coefficient (Wildman–Crippen LogP) is 3.35. The maximum Gasteiger partial charge on any atom is 0.0949 e. The fourth-order valence-electron chi connectivity index (χ4n) is 1.83. The van der Waals surface area contributed by atoms with Crippen LogP contribution in [0.3, 0.4) is 0 Å². The van der Waals surface area contributed by atoms with Crippen molar-refractivity contribution in [3.05, 3.63) is 18.2 Å². The second kappa shape index (κ2) is 8.29. The molecule has 3 heteroatoms. The molecule has 0 aliphatic carbocycles. The summed E-state index contributed by atoms with van der Waals surface area (Å²) in [5.74, 6) is 0. The van der Waals surface area contributed by atoms with E-state index in [1.54, 1.807) is 0 Å². The number of nitrogens with zero attached hydrogens (tertiary/aromatic N) is 2. The summed E-state index contributed by atoms with van der Waals surface area (Å²) in [4.78, 5) is 4.40. The molecule has 0 aromatic carbocycles. The first-order chi connectivity index (χ1) is 8.22. The van der Waals surface area contributed by atoms with Gasteiger partial charge in [0, 0.05) is 25.3 Å². The van der Waals surface area contributed by atoms with Gasteiger partial charge in [-0.05, 0) is 6.42 Å². The largest absolute Gasteiger partial charge is 0.337 e. The van der Waals surface area contributed by atoms with Crippen molar-refractivity contribution < 1.29 is 0 Å². The summed E-state index contributed by atoms with van der Waals surface area (Å²) in [6.07, 6.45) is 10.8. The molecule has 3 nitrogen and oxygen atoms in total. The number of unbranched alkanes of at least 4 members (excludes halogenated alkanes) is 4. The Morgan fingerprint density at radius 2 is 2.00 bits per heavy atom. The van der Waals surface area contributed by atoms with E-state index in [1.165, 1.54) is 32.1 Å². The number of hydrogen-bond acceptors (Lipinski definition) is 2. The van der Waals surface area contributed by atoms with E-state index in [0.717, 1.165) is 18.8 Å². The minimum absolute atomic E-state index is 0.522. The van der Waals surface area contributed by atoms with Crippen LogP contribution in [0.5, 0.6) is 0 Å². The Bertz CT molecular complexity index is 291. The summed E-state index contributed by atoms with van der Waals surface area (Å²) < 4.78 is 2.21. The van der Waals surface area contributed by atoms with E-state index < -0.39 is 0 Å². The van der Waals surface area contributed by atoms with Gasteiger partial charge in [-0.25, -0.2) is 4.98 Å². The third-order valence-corrected chi connectivity index (χ3v) is 2.90. The summed E-state index contributed by atoms with van der Waals surface area (Å²) in [6.45, 7) is 8.55. The van der Waals surface area contributed by atoms with Gasteiger partial charge in [-0.2, -0.15) is 0 Å². The van der Waals surface area contributed by atoms with Gasteiger partial charge >= 0.3 is 0 Å². The van der Waals surface area contributed by atoms with E-state index in [1.807, 2.05) is 6.33 Å². The van der Waals surface area contributed by atoms with Crippen molar-refractivity contribution in [1.82, 2.24) is 14.9 Å². The molecule has 0 bridgehead atoms. The second-order valence-electron chi connectivity index (χ2n) is 5.05. The number of nitrogens with one attached hydrogen (secondary N) is 1. The fourth-order valence-corrected chi connectivity index (χ4v) is 1.83. The van der Waals surface area contributed by atoms with Crippen molar-refractivity contribution in [2.45, 2.75) is 72.0 Å². The lowest BCUT2D eigenvalue weighted by Crippen LogP contribution is -2.21. The van der Waals surface area contributed by atoms with Crippen LogP contribution in [0.15, 0.2) is 12.5 Å². The van der Waals surface area contributed by atoms with Crippen molar-refractivity contribution >= 4 is 0 Å². The third-order valence-electron chi connectivity index (χ3n) is 2.90. The molecule has 1 aromatic heterocycles. The number of aryl methyl sites for hydroxylation is 1. The summed E-state index contributed by atoms with van der Waals surface area (Å²) in [5, 5.41) is 3.38. The highest BCUT2D eigenvalue weighted by Crippen LogP contribution is 2.05. The molecule has 0 radical (unpaired) electrons. The minimum atomic E-state index is 0.522. The van der Waals surface area contributed by atoms with Gasteiger partial charge in [0.05, 0.1) is 12.0 Å². The first-order valence-electron chi connectivity index (χ1n) is 6.96. The van der Waals surface area contributed by atoms with Crippen LogP contribution in [0, 0.1) is 0 Å². The van der Waals surface area contributed by atoms with Gasteiger partial charge in [-0.15, -0.1) is 0 Å². The van der Waals surface area contributed by atoms with Gasteiger partial charge in [0.25, 0.3) is 0 Å². The third kappa shape index (κ3) is 6.47. The molecular formula is C14H27N3. The Kier molecular flexibility index (Phi) is 6.94. The predicted molar refractivity (Wildman–Crippen MR) is 73.0 cm³/mol. The van der Waals surface area contributed by atoms with Gasteiger partial charge in [0.1, 0.15) is 0 Å². The van der Waals surface area contributed by atoms with Crippen LogP contribution in [0.2, 0.25) is 0 Å². The summed E-state index contributed by atoms with van der Waals surface area (Å²) in [6, 6.07) is 0.522. The fraction of sp³-hybridized carbons (Fsp3) is 0.786. The Morgan fingerprint density at radius 1 is 1.24 bits per heavy atom. The highest BCUT2D eigenvalue weighted by molar-refractivity contribution is 4.96. The van der Waals surface area contributed by atoms with Crippen LogP contribution < -0.4 is 5.32 Å². The van der Waals surface area contributed by atoms with Crippen LogP contribution >= 0.6 is 0 Å². The number of imidazole rings is 1. The normalized spacial score (nSPS) is 11.3. The van der Waals surface area contributed by atoms with Gasteiger partial charge in [0.2, 0.25) is 0 Å². The average Bonchev–Trinajstić information content (AvgIpc) is 2.74. The molecule has 0 unspecified atom stereocenters. The first-order valence-corrected chi connectivity index (χ1v) is 6.96. The molecule has 1 rings (SSSR count). The first kappa shape index (κ1) is 14.2.